The van der Waals surface area contributed by atoms with Gasteiger partial charge in [0.2, 0.25) is 0 Å². The maximum atomic E-state index is 5.29. The first kappa shape index (κ1) is 12.6. The van der Waals surface area contributed by atoms with Crippen LogP contribution in [0.15, 0.2) is 4.52 Å². The van der Waals surface area contributed by atoms with Gasteiger partial charge in [-0.2, -0.15) is 0 Å². The van der Waals surface area contributed by atoms with E-state index in [9.17, 15) is 0 Å². The molecule has 0 radical (unpaired) electrons. The van der Waals surface area contributed by atoms with Crippen LogP contribution < -0.4 is 5.32 Å². The van der Waals surface area contributed by atoms with Gasteiger partial charge in [0, 0.05) is 24.7 Å². The third-order valence-corrected chi connectivity index (χ3v) is 3.70. The van der Waals surface area contributed by atoms with E-state index in [-0.39, 0.29) is 0 Å². The van der Waals surface area contributed by atoms with Gasteiger partial charge in [0.1, 0.15) is 5.76 Å². The summed E-state index contributed by atoms with van der Waals surface area (Å²) in [5.74, 6) is 0.980. The molecule has 96 valence electrons. The lowest BCUT2D eigenvalue weighted by atomic mass is 10.0. The van der Waals surface area contributed by atoms with Crippen LogP contribution in [0.3, 0.4) is 0 Å². The van der Waals surface area contributed by atoms with Gasteiger partial charge in [-0.15, -0.1) is 0 Å². The van der Waals surface area contributed by atoms with Crippen LogP contribution in [0.1, 0.15) is 36.8 Å². The standard InChI is InChI=1S/C13H23N3O/c1-4-13-12(10(2)17-15-13)9-16-7-5-6-11(8-16)14-3/h11,14H,4-9H2,1-3H3. The molecule has 2 heterocycles. The van der Waals surface area contributed by atoms with E-state index in [0.29, 0.717) is 6.04 Å². The van der Waals surface area contributed by atoms with Crippen LogP contribution in [-0.2, 0) is 13.0 Å². The Balaban J connectivity index is 2.02. The molecule has 1 aromatic heterocycles. The molecule has 1 saturated heterocycles. The Hall–Kier alpha value is -0.870. The molecular formula is C13H23N3O. The molecular weight excluding hydrogens is 214 g/mol. The van der Waals surface area contributed by atoms with Crippen LogP contribution in [0.25, 0.3) is 0 Å². The van der Waals surface area contributed by atoms with Crippen LogP contribution in [0.2, 0.25) is 0 Å². The van der Waals surface area contributed by atoms with Crippen molar-refractivity contribution in [3.63, 3.8) is 0 Å². The summed E-state index contributed by atoms with van der Waals surface area (Å²) in [6.45, 7) is 7.45. The number of rotatable bonds is 4. The van der Waals surface area contributed by atoms with E-state index in [1.54, 1.807) is 0 Å². The molecule has 1 aliphatic rings. The zero-order valence-electron chi connectivity index (χ0n) is 11.1. The molecule has 2 rings (SSSR count). The second kappa shape index (κ2) is 5.65. The number of aryl methyl sites for hydroxylation is 2. The van der Waals surface area contributed by atoms with Gasteiger partial charge in [-0.1, -0.05) is 12.1 Å². The minimum Gasteiger partial charge on any atom is -0.361 e. The van der Waals surface area contributed by atoms with Crippen LogP contribution in [0, 0.1) is 6.92 Å². The molecule has 4 heteroatoms. The third-order valence-electron chi connectivity index (χ3n) is 3.70. The summed E-state index contributed by atoms with van der Waals surface area (Å²) in [5.41, 5.74) is 2.42. The number of likely N-dealkylation sites (N-methyl/N-ethyl adjacent to an activating group) is 1. The first-order valence-electron chi connectivity index (χ1n) is 6.58. The predicted molar refractivity (Wildman–Crippen MR) is 68.0 cm³/mol. The highest BCUT2D eigenvalue weighted by atomic mass is 16.5. The highest BCUT2D eigenvalue weighted by Gasteiger charge is 2.21. The zero-order valence-corrected chi connectivity index (χ0v) is 11.1. The van der Waals surface area contributed by atoms with Crippen molar-refractivity contribution >= 4 is 0 Å². The number of piperidine rings is 1. The summed E-state index contributed by atoms with van der Waals surface area (Å²) in [6.07, 6.45) is 3.52. The van der Waals surface area contributed by atoms with Gasteiger partial charge in [0.15, 0.2) is 0 Å². The van der Waals surface area contributed by atoms with Crippen molar-refractivity contribution in [2.45, 2.75) is 45.7 Å². The molecule has 1 aromatic rings. The fraction of sp³-hybridized carbons (Fsp3) is 0.769. The van der Waals surface area contributed by atoms with Crippen molar-refractivity contribution in [3.05, 3.63) is 17.0 Å². The molecule has 0 amide bonds. The normalized spacial score (nSPS) is 21.9. The van der Waals surface area contributed by atoms with Gasteiger partial charge in [-0.3, -0.25) is 4.90 Å². The van der Waals surface area contributed by atoms with Crippen molar-refractivity contribution in [1.29, 1.82) is 0 Å². The van der Waals surface area contributed by atoms with E-state index < -0.39 is 0 Å². The van der Waals surface area contributed by atoms with Crippen molar-refractivity contribution in [3.8, 4) is 0 Å². The fourth-order valence-corrected chi connectivity index (χ4v) is 2.58. The average molecular weight is 237 g/mol. The smallest absolute Gasteiger partial charge is 0.138 e. The van der Waals surface area contributed by atoms with Crippen LogP contribution in [0.5, 0.6) is 0 Å². The molecule has 1 unspecified atom stereocenters. The Morgan fingerprint density at radius 2 is 2.35 bits per heavy atom. The molecule has 0 aromatic carbocycles. The minimum absolute atomic E-state index is 0.633. The number of likely N-dealkylation sites (tertiary alicyclic amines) is 1. The summed E-state index contributed by atoms with van der Waals surface area (Å²) in [4.78, 5) is 2.50. The molecule has 1 aliphatic heterocycles. The first-order chi connectivity index (χ1) is 8.24. The second-order valence-electron chi connectivity index (χ2n) is 4.88. The largest absolute Gasteiger partial charge is 0.361 e. The number of nitrogens with one attached hydrogen (secondary N) is 1. The Bertz CT molecular complexity index is 362. The van der Waals surface area contributed by atoms with Gasteiger partial charge < -0.3 is 9.84 Å². The molecule has 0 saturated carbocycles. The SMILES string of the molecule is CCc1noc(C)c1CN1CCCC(NC)C1. The third kappa shape index (κ3) is 2.87. The molecule has 1 atom stereocenters. The van der Waals surface area contributed by atoms with Crippen LogP contribution in [-0.4, -0.2) is 36.2 Å². The Kier molecular flexibility index (Phi) is 4.18. The zero-order chi connectivity index (χ0) is 12.3. The number of hydrogen-bond donors (Lipinski definition) is 1. The number of hydrogen-bond acceptors (Lipinski definition) is 4. The first-order valence-corrected chi connectivity index (χ1v) is 6.58. The summed E-state index contributed by atoms with van der Waals surface area (Å²) in [7, 11) is 2.05. The summed E-state index contributed by atoms with van der Waals surface area (Å²) >= 11 is 0. The number of aromatic nitrogens is 1. The maximum Gasteiger partial charge on any atom is 0.138 e. The highest BCUT2D eigenvalue weighted by Crippen LogP contribution is 2.19. The minimum atomic E-state index is 0.633. The van der Waals surface area contributed by atoms with E-state index in [4.69, 9.17) is 4.52 Å². The Morgan fingerprint density at radius 1 is 1.53 bits per heavy atom. The predicted octanol–water partition coefficient (Wildman–Crippen LogP) is 1.73. The molecule has 1 N–H and O–H groups in total. The maximum absolute atomic E-state index is 5.29. The topological polar surface area (TPSA) is 41.3 Å². The van der Waals surface area contributed by atoms with Crippen molar-refractivity contribution in [2.24, 2.45) is 0 Å². The van der Waals surface area contributed by atoms with Crippen LogP contribution >= 0.6 is 0 Å². The fourth-order valence-electron chi connectivity index (χ4n) is 2.58. The van der Waals surface area contributed by atoms with Crippen molar-refractivity contribution in [2.75, 3.05) is 20.1 Å². The summed E-state index contributed by atoms with van der Waals surface area (Å²) < 4.78 is 5.29. The van der Waals surface area contributed by atoms with E-state index in [1.165, 1.54) is 24.9 Å². The van der Waals surface area contributed by atoms with Gasteiger partial charge in [0.05, 0.1) is 5.69 Å². The summed E-state index contributed by atoms with van der Waals surface area (Å²) in [6, 6.07) is 0.633. The van der Waals surface area contributed by atoms with Gasteiger partial charge in [-0.25, -0.2) is 0 Å². The van der Waals surface area contributed by atoms with Gasteiger partial charge >= 0.3 is 0 Å². The molecule has 1 fully saturated rings. The molecule has 0 aliphatic carbocycles. The molecule has 17 heavy (non-hydrogen) atoms. The van der Waals surface area contributed by atoms with E-state index >= 15 is 0 Å². The van der Waals surface area contributed by atoms with Crippen molar-refractivity contribution < 1.29 is 4.52 Å². The Morgan fingerprint density at radius 3 is 3.06 bits per heavy atom. The monoisotopic (exact) mass is 237 g/mol. The van der Waals surface area contributed by atoms with Gasteiger partial charge in [-0.05, 0) is 39.8 Å². The Labute approximate surface area is 103 Å². The van der Waals surface area contributed by atoms with Crippen molar-refractivity contribution in [1.82, 2.24) is 15.4 Å². The van der Waals surface area contributed by atoms with Crippen LogP contribution in [0.4, 0.5) is 0 Å². The molecule has 4 nitrogen and oxygen atoms in total. The quantitative estimate of drug-likeness (QED) is 0.866. The average Bonchev–Trinajstić information content (AvgIpc) is 2.71. The lowest BCUT2D eigenvalue weighted by Gasteiger charge is -2.32. The van der Waals surface area contributed by atoms with E-state index in [1.807, 2.05) is 6.92 Å². The molecule has 0 spiro atoms. The second-order valence-corrected chi connectivity index (χ2v) is 4.88. The van der Waals surface area contributed by atoms with E-state index in [0.717, 1.165) is 31.0 Å². The summed E-state index contributed by atoms with van der Waals surface area (Å²) in [5, 5.41) is 7.50. The number of nitrogens with zero attached hydrogens (tertiary/aromatic N) is 2. The lowest BCUT2D eigenvalue weighted by molar-refractivity contribution is 0.187. The molecule has 0 bridgehead atoms. The van der Waals surface area contributed by atoms with E-state index in [2.05, 4.69) is 29.3 Å². The highest BCUT2D eigenvalue weighted by molar-refractivity contribution is 5.22. The van der Waals surface area contributed by atoms with Gasteiger partial charge in [0.25, 0.3) is 0 Å². The lowest BCUT2D eigenvalue weighted by Crippen LogP contribution is -2.44.